The molecule has 19 heavy (non-hydrogen) atoms. The molecule has 0 saturated heterocycles. The minimum Gasteiger partial charge on any atom is -0.391 e. The average molecular weight is 266 g/mol. The molecule has 3 unspecified atom stereocenters. The van der Waals surface area contributed by atoms with Gasteiger partial charge in [-0.05, 0) is 37.0 Å². The summed E-state index contributed by atoms with van der Waals surface area (Å²) in [5.74, 6) is 1.99. The number of aliphatic hydroxyl groups excluding tert-OH is 1. The molecule has 0 bridgehead atoms. The molecule has 2 amide bonds. The monoisotopic (exact) mass is 266 g/mol. The van der Waals surface area contributed by atoms with Gasteiger partial charge in [0, 0.05) is 12.6 Å². The van der Waals surface area contributed by atoms with Crippen molar-refractivity contribution in [3.8, 4) is 0 Å². The van der Waals surface area contributed by atoms with Crippen LogP contribution in [0.3, 0.4) is 0 Å². The highest BCUT2D eigenvalue weighted by molar-refractivity contribution is 5.74. The predicted molar refractivity (Wildman–Crippen MR) is 73.7 cm³/mol. The van der Waals surface area contributed by atoms with Crippen molar-refractivity contribution in [1.82, 2.24) is 10.6 Å². The fourth-order valence-electron chi connectivity index (χ4n) is 3.53. The molecule has 3 aliphatic rings. The van der Waals surface area contributed by atoms with Crippen LogP contribution >= 0.6 is 0 Å². The summed E-state index contributed by atoms with van der Waals surface area (Å²) >= 11 is 0. The molecule has 0 aromatic heterocycles. The lowest BCUT2D eigenvalue weighted by Gasteiger charge is -2.21. The van der Waals surface area contributed by atoms with Gasteiger partial charge >= 0.3 is 6.03 Å². The Hall–Kier alpha value is -0.770. The SMILES string of the molecule is O=C(NCC(O)C1CC1)NC1CC1C1CCCCC1. The van der Waals surface area contributed by atoms with Gasteiger partial charge in [-0.15, -0.1) is 0 Å². The van der Waals surface area contributed by atoms with Gasteiger partial charge in [-0.3, -0.25) is 0 Å². The van der Waals surface area contributed by atoms with Crippen molar-refractivity contribution in [3.63, 3.8) is 0 Å². The largest absolute Gasteiger partial charge is 0.391 e. The van der Waals surface area contributed by atoms with Crippen LogP contribution in [0.4, 0.5) is 4.79 Å². The van der Waals surface area contributed by atoms with Crippen molar-refractivity contribution >= 4 is 6.03 Å². The normalized spacial score (nSPS) is 32.7. The maximum Gasteiger partial charge on any atom is 0.315 e. The molecule has 4 nitrogen and oxygen atoms in total. The van der Waals surface area contributed by atoms with Gasteiger partial charge in [0.2, 0.25) is 0 Å². The lowest BCUT2D eigenvalue weighted by atomic mass is 9.85. The second-order valence-electron chi connectivity index (χ2n) is 6.66. The molecule has 3 saturated carbocycles. The Morgan fingerprint density at radius 2 is 1.89 bits per heavy atom. The van der Waals surface area contributed by atoms with Crippen LogP contribution in [0, 0.1) is 17.8 Å². The molecule has 0 aliphatic heterocycles. The zero-order valence-corrected chi connectivity index (χ0v) is 11.6. The van der Waals surface area contributed by atoms with E-state index in [-0.39, 0.29) is 12.1 Å². The number of aliphatic hydroxyl groups is 1. The first-order valence-corrected chi connectivity index (χ1v) is 7.96. The first-order valence-electron chi connectivity index (χ1n) is 7.96. The molecule has 4 heteroatoms. The van der Waals surface area contributed by atoms with Gasteiger partial charge in [-0.1, -0.05) is 32.1 Å². The minimum atomic E-state index is -0.348. The Kier molecular flexibility index (Phi) is 3.96. The number of nitrogens with one attached hydrogen (secondary N) is 2. The lowest BCUT2D eigenvalue weighted by Crippen LogP contribution is -2.41. The van der Waals surface area contributed by atoms with Crippen LogP contribution in [-0.2, 0) is 0 Å². The minimum absolute atomic E-state index is 0.0944. The van der Waals surface area contributed by atoms with E-state index in [1.165, 1.54) is 32.1 Å². The number of amides is 2. The van der Waals surface area contributed by atoms with Crippen molar-refractivity contribution in [3.05, 3.63) is 0 Å². The van der Waals surface area contributed by atoms with Gasteiger partial charge in [-0.2, -0.15) is 0 Å². The molecule has 3 aliphatic carbocycles. The maximum absolute atomic E-state index is 11.7. The fourth-order valence-corrected chi connectivity index (χ4v) is 3.53. The van der Waals surface area contributed by atoms with Gasteiger partial charge in [0.25, 0.3) is 0 Å². The standard InChI is InChI=1S/C15H26N2O2/c18-14(11-6-7-11)9-16-15(19)17-13-8-12(13)10-4-2-1-3-5-10/h10-14,18H,1-9H2,(H2,16,17,19). The fraction of sp³-hybridized carbons (Fsp3) is 0.933. The van der Waals surface area contributed by atoms with Crippen molar-refractivity contribution < 1.29 is 9.90 Å². The Balaban J connectivity index is 1.32. The van der Waals surface area contributed by atoms with Crippen LogP contribution in [-0.4, -0.2) is 29.8 Å². The van der Waals surface area contributed by atoms with Crippen molar-refractivity contribution in [2.45, 2.75) is 63.5 Å². The summed E-state index contributed by atoms with van der Waals surface area (Å²) in [6.07, 6.45) is 9.86. The molecule has 108 valence electrons. The molecule has 0 spiro atoms. The van der Waals surface area contributed by atoms with E-state index in [4.69, 9.17) is 0 Å². The second-order valence-corrected chi connectivity index (χ2v) is 6.66. The number of carbonyl (C=O) groups excluding carboxylic acids is 1. The maximum atomic E-state index is 11.7. The van der Waals surface area contributed by atoms with Crippen LogP contribution in [0.15, 0.2) is 0 Å². The van der Waals surface area contributed by atoms with Crippen LogP contribution in [0.25, 0.3) is 0 Å². The first kappa shape index (κ1) is 13.2. The van der Waals surface area contributed by atoms with Gasteiger partial charge < -0.3 is 15.7 Å². The Labute approximate surface area is 115 Å². The van der Waals surface area contributed by atoms with Gasteiger partial charge in [0.1, 0.15) is 0 Å². The molecular weight excluding hydrogens is 240 g/mol. The van der Waals surface area contributed by atoms with Gasteiger partial charge in [0.15, 0.2) is 0 Å². The summed E-state index contributed by atoms with van der Waals surface area (Å²) in [6.45, 7) is 0.400. The highest BCUT2D eigenvalue weighted by atomic mass is 16.3. The molecule has 3 atom stereocenters. The third kappa shape index (κ3) is 3.62. The number of carbonyl (C=O) groups is 1. The summed E-state index contributed by atoms with van der Waals surface area (Å²) in [7, 11) is 0. The summed E-state index contributed by atoms with van der Waals surface area (Å²) in [5.41, 5.74) is 0. The van der Waals surface area contributed by atoms with Crippen molar-refractivity contribution in [2.24, 2.45) is 17.8 Å². The van der Waals surface area contributed by atoms with Crippen molar-refractivity contribution in [1.29, 1.82) is 0 Å². The van der Waals surface area contributed by atoms with E-state index in [1.807, 2.05) is 0 Å². The van der Waals surface area contributed by atoms with Crippen LogP contribution in [0.2, 0.25) is 0 Å². The molecule has 3 fully saturated rings. The molecule has 0 heterocycles. The quantitative estimate of drug-likeness (QED) is 0.713. The van der Waals surface area contributed by atoms with E-state index >= 15 is 0 Å². The topological polar surface area (TPSA) is 61.4 Å². The first-order chi connectivity index (χ1) is 9.24. The third-order valence-electron chi connectivity index (χ3n) is 5.05. The summed E-state index contributed by atoms with van der Waals surface area (Å²) < 4.78 is 0. The van der Waals surface area contributed by atoms with Crippen LogP contribution in [0.5, 0.6) is 0 Å². The molecule has 3 rings (SSSR count). The van der Waals surface area contributed by atoms with E-state index in [2.05, 4.69) is 10.6 Å². The van der Waals surface area contributed by atoms with E-state index in [0.717, 1.165) is 31.1 Å². The summed E-state index contributed by atoms with van der Waals surface area (Å²) in [4.78, 5) is 11.7. The van der Waals surface area contributed by atoms with Crippen molar-refractivity contribution in [2.75, 3.05) is 6.54 Å². The van der Waals surface area contributed by atoms with E-state index < -0.39 is 0 Å². The van der Waals surface area contributed by atoms with Crippen LogP contribution < -0.4 is 10.6 Å². The molecule has 0 radical (unpaired) electrons. The second kappa shape index (κ2) is 5.70. The lowest BCUT2D eigenvalue weighted by molar-refractivity contribution is 0.149. The number of hydrogen-bond acceptors (Lipinski definition) is 2. The average Bonchev–Trinajstić information content (AvgIpc) is 3.30. The molecule has 3 N–H and O–H groups in total. The number of hydrogen-bond donors (Lipinski definition) is 3. The smallest absolute Gasteiger partial charge is 0.315 e. The zero-order chi connectivity index (χ0) is 13.2. The summed E-state index contributed by atoms with van der Waals surface area (Å²) in [6, 6.07) is 0.296. The molecule has 0 aromatic rings. The predicted octanol–water partition coefficient (Wildman–Crippen LogP) is 2.03. The van der Waals surface area contributed by atoms with E-state index in [0.29, 0.717) is 18.5 Å². The number of rotatable bonds is 5. The van der Waals surface area contributed by atoms with E-state index in [9.17, 15) is 9.90 Å². The zero-order valence-electron chi connectivity index (χ0n) is 11.6. The summed E-state index contributed by atoms with van der Waals surface area (Å²) in [5, 5.41) is 15.6. The van der Waals surface area contributed by atoms with Crippen LogP contribution in [0.1, 0.15) is 51.4 Å². The van der Waals surface area contributed by atoms with Gasteiger partial charge in [-0.25, -0.2) is 4.79 Å². The highest BCUT2D eigenvalue weighted by Gasteiger charge is 2.43. The third-order valence-corrected chi connectivity index (χ3v) is 5.05. The van der Waals surface area contributed by atoms with E-state index in [1.54, 1.807) is 0 Å². The number of urea groups is 1. The molecular formula is C15H26N2O2. The highest BCUT2D eigenvalue weighted by Crippen LogP contribution is 2.44. The van der Waals surface area contributed by atoms with Gasteiger partial charge in [0.05, 0.1) is 6.10 Å². The Morgan fingerprint density at radius 1 is 1.16 bits per heavy atom. The Morgan fingerprint density at radius 3 is 2.58 bits per heavy atom. The molecule has 0 aromatic carbocycles. The Bertz CT molecular complexity index is 324.